The zero-order chi connectivity index (χ0) is 11.5. The minimum atomic E-state index is 0.747. The van der Waals surface area contributed by atoms with E-state index in [0.717, 1.165) is 36.7 Å². The van der Waals surface area contributed by atoms with Crippen LogP contribution in [0.25, 0.3) is 0 Å². The van der Waals surface area contributed by atoms with Crippen LogP contribution in [0, 0.1) is 11.8 Å². The fourth-order valence-corrected chi connectivity index (χ4v) is 3.15. The molecule has 0 saturated heterocycles. The van der Waals surface area contributed by atoms with E-state index in [1.165, 1.54) is 38.5 Å². The Kier molecular flexibility index (Phi) is 3.41. The first-order valence-electron chi connectivity index (χ1n) is 6.99. The molecule has 4 nitrogen and oxygen atoms in total. The third-order valence-electron chi connectivity index (χ3n) is 4.26. The molecule has 1 aromatic heterocycles. The molecule has 3 rings (SSSR count). The van der Waals surface area contributed by atoms with Crippen LogP contribution in [0.1, 0.15) is 44.3 Å². The lowest BCUT2D eigenvalue weighted by molar-refractivity contribution is 0.262. The zero-order valence-corrected chi connectivity index (χ0v) is 10.4. The van der Waals surface area contributed by atoms with E-state index in [4.69, 9.17) is 0 Å². The molecule has 2 aliphatic rings. The summed E-state index contributed by atoms with van der Waals surface area (Å²) in [5, 5.41) is 10.5. The third-order valence-corrected chi connectivity index (χ3v) is 4.26. The van der Waals surface area contributed by atoms with Crippen molar-refractivity contribution < 1.29 is 0 Å². The van der Waals surface area contributed by atoms with Gasteiger partial charge in [0.1, 0.15) is 12.2 Å². The molecule has 0 aromatic carbocycles. The summed E-state index contributed by atoms with van der Waals surface area (Å²) in [6.45, 7) is 1.03. The van der Waals surface area contributed by atoms with Crippen LogP contribution in [0.4, 0.5) is 0 Å². The van der Waals surface area contributed by atoms with Crippen molar-refractivity contribution in [1.29, 1.82) is 0 Å². The van der Waals surface area contributed by atoms with Gasteiger partial charge in [-0.2, -0.15) is 5.10 Å². The number of aromatic nitrogens is 3. The average molecular weight is 234 g/mol. The normalized spacial score (nSPS) is 29.4. The van der Waals surface area contributed by atoms with E-state index >= 15 is 0 Å². The largest absolute Gasteiger partial charge is 0.314 e. The highest BCUT2D eigenvalue weighted by molar-refractivity contribution is 4.88. The fourth-order valence-electron chi connectivity index (χ4n) is 3.15. The summed E-state index contributed by atoms with van der Waals surface area (Å²) in [4.78, 5) is 4.15. The molecule has 1 aromatic rings. The average Bonchev–Trinajstić information content (AvgIpc) is 3.09. The summed E-state index contributed by atoms with van der Waals surface area (Å²) >= 11 is 0. The molecule has 4 heteroatoms. The van der Waals surface area contributed by atoms with Crippen molar-refractivity contribution in [1.82, 2.24) is 20.5 Å². The molecule has 2 saturated carbocycles. The summed E-state index contributed by atoms with van der Waals surface area (Å²) in [6.07, 6.45) is 11.2. The predicted molar refractivity (Wildman–Crippen MR) is 66.6 cm³/mol. The van der Waals surface area contributed by atoms with Gasteiger partial charge in [0.25, 0.3) is 0 Å². The van der Waals surface area contributed by atoms with E-state index in [9.17, 15) is 0 Å². The summed E-state index contributed by atoms with van der Waals surface area (Å²) < 4.78 is 0. The topological polar surface area (TPSA) is 53.6 Å². The number of hydrogen-bond donors (Lipinski definition) is 2. The maximum atomic E-state index is 4.15. The smallest absolute Gasteiger partial charge is 0.137 e. The number of hydrogen-bond acceptors (Lipinski definition) is 3. The minimum Gasteiger partial charge on any atom is -0.314 e. The summed E-state index contributed by atoms with van der Waals surface area (Å²) in [5.41, 5.74) is 0. The van der Waals surface area contributed by atoms with E-state index in [0.29, 0.717) is 0 Å². The van der Waals surface area contributed by atoms with E-state index < -0.39 is 0 Å². The SMILES string of the molecule is c1n[nH]c(CCNC2CCCC(C3CC3)C2)n1. The van der Waals surface area contributed by atoms with E-state index in [1.807, 2.05) is 0 Å². The number of H-pyrrole nitrogens is 1. The highest BCUT2D eigenvalue weighted by Crippen LogP contribution is 2.43. The van der Waals surface area contributed by atoms with Gasteiger partial charge in [-0.1, -0.05) is 12.8 Å². The van der Waals surface area contributed by atoms with Crippen molar-refractivity contribution >= 4 is 0 Å². The van der Waals surface area contributed by atoms with Crippen LogP contribution in [0.5, 0.6) is 0 Å². The number of nitrogens with one attached hydrogen (secondary N) is 2. The first-order valence-corrected chi connectivity index (χ1v) is 6.99. The Morgan fingerprint density at radius 1 is 1.24 bits per heavy atom. The maximum Gasteiger partial charge on any atom is 0.137 e. The molecule has 2 fully saturated rings. The summed E-state index contributed by atoms with van der Waals surface area (Å²) in [7, 11) is 0. The standard InChI is InChI=1S/C13H22N4/c1-2-11(10-4-5-10)8-12(3-1)14-7-6-13-15-9-16-17-13/h9-12,14H,1-8H2,(H,15,16,17). The van der Waals surface area contributed by atoms with Crippen molar-refractivity contribution in [3.63, 3.8) is 0 Å². The van der Waals surface area contributed by atoms with Crippen molar-refractivity contribution in [2.45, 2.75) is 51.0 Å². The van der Waals surface area contributed by atoms with Crippen molar-refractivity contribution in [2.75, 3.05) is 6.54 Å². The van der Waals surface area contributed by atoms with Crippen molar-refractivity contribution in [3.05, 3.63) is 12.2 Å². The van der Waals surface area contributed by atoms with Crippen LogP contribution in [0.15, 0.2) is 6.33 Å². The third kappa shape index (κ3) is 3.06. The summed E-state index contributed by atoms with van der Waals surface area (Å²) in [5.74, 6) is 3.09. The van der Waals surface area contributed by atoms with Gasteiger partial charge in [-0.25, -0.2) is 4.98 Å². The molecule has 2 unspecified atom stereocenters. The molecule has 0 radical (unpaired) electrons. The van der Waals surface area contributed by atoms with E-state index in [-0.39, 0.29) is 0 Å². The van der Waals surface area contributed by atoms with E-state index in [2.05, 4.69) is 20.5 Å². The number of nitrogens with zero attached hydrogens (tertiary/aromatic N) is 2. The second-order valence-corrected chi connectivity index (χ2v) is 5.60. The molecule has 17 heavy (non-hydrogen) atoms. The van der Waals surface area contributed by atoms with Gasteiger partial charge in [-0.3, -0.25) is 5.10 Å². The van der Waals surface area contributed by atoms with Crippen LogP contribution < -0.4 is 5.32 Å². The highest BCUT2D eigenvalue weighted by atomic mass is 15.2. The maximum absolute atomic E-state index is 4.15. The molecular formula is C13H22N4. The molecule has 1 heterocycles. The van der Waals surface area contributed by atoms with Gasteiger partial charge in [0.2, 0.25) is 0 Å². The lowest BCUT2D eigenvalue weighted by Crippen LogP contribution is -2.36. The monoisotopic (exact) mass is 234 g/mol. The molecule has 2 N–H and O–H groups in total. The van der Waals surface area contributed by atoms with Crippen LogP contribution in [0.3, 0.4) is 0 Å². The number of rotatable bonds is 5. The molecule has 2 aliphatic carbocycles. The van der Waals surface area contributed by atoms with Gasteiger partial charge in [-0.15, -0.1) is 0 Å². The Morgan fingerprint density at radius 3 is 2.94 bits per heavy atom. The molecule has 0 bridgehead atoms. The number of aromatic amines is 1. The van der Waals surface area contributed by atoms with Gasteiger partial charge >= 0.3 is 0 Å². The Balaban J connectivity index is 1.39. The zero-order valence-electron chi connectivity index (χ0n) is 10.4. The minimum absolute atomic E-state index is 0.747. The van der Waals surface area contributed by atoms with Crippen LogP contribution in [-0.4, -0.2) is 27.8 Å². The molecule has 0 amide bonds. The summed E-state index contributed by atoms with van der Waals surface area (Å²) in [6, 6.07) is 0.747. The van der Waals surface area contributed by atoms with Crippen molar-refractivity contribution in [2.24, 2.45) is 11.8 Å². The highest BCUT2D eigenvalue weighted by Gasteiger charge is 2.34. The van der Waals surface area contributed by atoms with Gasteiger partial charge in [0, 0.05) is 19.0 Å². The Hall–Kier alpha value is -0.900. The van der Waals surface area contributed by atoms with Gasteiger partial charge in [0.15, 0.2) is 0 Å². The lowest BCUT2D eigenvalue weighted by Gasteiger charge is -2.29. The van der Waals surface area contributed by atoms with Gasteiger partial charge in [0.05, 0.1) is 0 Å². The van der Waals surface area contributed by atoms with Crippen LogP contribution in [-0.2, 0) is 6.42 Å². The van der Waals surface area contributed by atoms with Crippen LogP contribution in [0.2, 0.25) is 0 Å². The quantitative estimate of drug-likeness (QED) is 0.818. The molecule has 2 atom stereocenters. The van der Waals surface area contributed by atoms with Gasteiger partial charge < -0.3 is 5.32 Å². The first kappa shape index (κ1) is 11.2. The molecule has 0 aliphatic heterocycles. The molecule has 0 spiro atoms. The fraction of sp³-hybridized carbons (Fsp3) is 0.846. The Labute approximate surface area is 103 Å². The Bertz CT molecular complexity index is 331. The van der Waals surface area contributed by atoms with E-state index in [1.54, 1.807) is 6.33 Å². The van der Waals surface area contributed by atoms with Crippen LogP contribution >= 0.6 is 0 Å². The molecular weight excluding hydrogens is 212 g/mol. The second kappa shape index (κ2) is 5.17. The lowest BCUT2D eigenvalue weighted by atomic mass is 9.83. The molecule has 94 valence electrons. The first-order chi connectivity index (χ1) is 8.42. The Morgan fingerprint density at radius 2 is 2.18 bits per heavy atom. The second-order valence-electron chi connectivity index (χ2n) is 5.60. The van der Waals surface area contributed by atoms with Gasteiger partial charge in [-0.05, 0) is 37.5 Å². The van der Waals surface area contributed by atoms with Crippen molar-refractivity contribution in [3.8, 4) is 0 Å². The predicted octanol–water partition coefficient (Wildman–Crippen LogP) is 1.91.